The van der Waals surface area contributed by atoms with Crippen LogP contribution in [0.2, 0.25) is 5.02 Å². The number of sulfone groups is 1. The van der Waals surface area contributed by atoms with E-state index in [9.17, 15) is 22.0 Å². The van der Waals surface area contributed by atoms with E-state index in [-0.39, 0.29) is 39.6 Å². The molecule has 0 bridgehead atoms. The highest BCUT2D eigenvalue weighted by atomic mass is 79.9. The van der Waals surface area contributed by atoms with E-state index in [1.54, 1.807) is 20.8 Å². The smallest absolute Gasteiger partial charge is 0.407 e. The van der Waals surface area contributed by atoms with Gasteiger partial charge in [-0.15, -0.1) is 0 Å². The number of aromatic nitrogens is 2. The average molecular weight is 590 g/mol. The molecule has 15 heteroatoms. The van der Waals surface area contributed by atoms with Gasteiger partial charge in [0.1, 0.15) is 28.6 Å². The summed E-state index contributed by atoms with van der Waals surface area (Å²) in [5, 5.41) is 1.33. The summed E-state index contributed by atoms with van der Waals surface area (Å²) in [7, 11) is -4.06. The molecule has 2 heterocycles. The lowest BCUT2D eigenvalue weighted by Crippen LogP contribution is -2.49. The number of hydrogen-bond acceptors (Lipinski definition) is 8. The molecule has 1 atom stereocenters. The minimum atomic E-state index is -4.06. The van der Waals surface area contributed by atoms with Crippen molar-refractivity contribution in [2.24, 2.45) is 0 Å². The Balaban J connectivity index is 2.19. The molecular formula is C19H21BrClF3N4O5S. The van der Waals surface area contributed by atoms with Crippen LogP contribution in [-0.4, -0.2) is 68.5 Å². The lowest BCUT2D eigenvalue weighted by atomic mass is 10.1. The molecule has 0 saturated carbocycles. The molecule has 9 nitrogen and oxygen atoms in total. The molecule has 3 rings (SSSR count). The highest BCUT2D eigenvalue weighted by molar-refractivity contribution is 9.10. The molecule has 1 aliphatic heterocycles. The molecule has 2 aromatic rings. The summed E-state index contributed by atoms with van der Waals surface area (Å²) >= 11 is 9.23. The van der Waals surface area contributed by atoms with Crippen molar-refractivity contribution in [3.63, 3.8) is 0 Å². The van der Waals surface area contributed by atoms with E-state index in [0.717, 1.165) is 11.2 Å². The average Bonchev–Trinajstić information content (AvgIpc) is 2.84. The van der Waals surface area contributed by atoms with E-state index >= 15 is 4.39 Å². The Morgan fingerprint density at radius 2 is 2.03 bits per heavy atom. The second-order valence-electron chi connectivity index (χ2n) is 8.49. The van der Waals surface area contributed by atoms with Gasteiger partial charge < -0.3 is 19.7 Å². The van der Waals surface area contributed by atoms with Gasteiger partial charge in [-0.3, -0.25) is 0 Å². The Labute approximate surface area is 207 Å². The molecule has 1 aliphatic rings. The van der Waals surface area contributed by atoms with Crippen LogP contribution in [0.25, 0.3) is 10.9 Å². The van der Waals surface area contributed by atoms with Gasteiger partial charge in [0.05, 0.1) is 22.4 Å². The molecule has 0 radical (unpaired) electrons. The predicted octanol–water partition coefficient (Wildman–Crippen LogP) is 3.95. The van der Waals surface area contributed by atoms with Gasteiger partial charge >= 0.3 is 6.09 Å². The zero-order chi connectivity index (χ0) is 25.6. The van der Waals surface area contributed by atoms with Crippen LogP contribution >= 0.6 is 27.5 Å². The van der Waals surface area contributed by atoms with Crippen LogP contribution in [0.4, 0.5) is 23.8 Å². The zero-order valence-electron chi connectivity index (χ0n) is 18.5. The fourth-order valence-electron chi connectivity index (χ4n) is 3.23. The highest BCUT2D eigenvalue weighted by Gasteiger charge is 2.35. The number of amides is 1. The monoisotopic (exact) mass is 588 g/mol. The van der Waals surface area contributed by atoms with Crippen molar-refractivity contribution in [3.05, 3.63) is 15.3 Å². The first-order valence-electron chi connectivity index (χ1n) is 9.83. The quantitative estimate of drug-likeness (QED) is 0.413. The fourth-order valence-corrected chi connectivity index (χ4v) is 4.34. The van der Waals surface area contributed by atoms with Crippen LogP contribution in [-0.2, 0) is 14.6 Å². The molecule has 1 amide bonds. The van der Waals surface area contributed by atoms with E-state index in [1.165, 1.54) is 0 Å². The topological polar surface area (TPSA) is 111 Å². The maximum atomic E-state index is 15.1. The van der Waals surface area contributed by atoms with Crippen molar-refractivity contribution in [3.8, 4) is 5.75 Å². The van der Waals surface area contributed by atoms with Crippen molar-refractivity contribution in [1.82, 2.24) is 15.3 Å². The number of alkyl halides is 2. The largest absolute Gasteiger partial charge is 0.489 e. The Kier molecular flexibility index (Phi) is 7.44. The number of carbonyl (C=O) groups excluding carboxylic acids is 1. The Morgan fingerprint density at radius 1 is 1.38 bits per heavy atom. The third kappa shape index (κ3) is 5.60. The lowest BCUT2D eigenvalue weighted by molar-refractivity contribution is 0.0520. The van der Waals surface area contributed by atoms with Crippen LogP contribution < -0.4 is 15.0 Å². The zero-order valence-corrected chi connectivity index (χ0v) is 21.6. The van der Waals surface area contributed by atoms with Gasteiger partial charge in [0.15, 0.2) is 11.6 Å². The number of nitrogens with one attached hydrogen (secondary N) is 1. The number of ether oxygens (including phenoxy) is 2. The molecule has 188 valence electrons. The number of halogens is 5. The third-order valence-electron chi connectivity index (χ3n) is 4.57. The van der Waals surface area contributed by atoms with Crippen molar-refractivity contribution in [2.45, 2.75) is 44.0 Å². The summed E-state index contributed by atoms with van der Waals surface area (Å²) in [6.07, 6.45) is -2.90. The first-order chi connectivity index (χ1) is 15.6. The van der Waals surface area contributed by atoms with Crippen LogP contribution in [0, 0.1) is 5.82 Å². The maximum Gasteiger partial charge on any atom is 0.407 e. The summed E-state index contributed by atoms with van der Waals surface area (Å²) < 4.78 is 77.3. The summed E-state index contributed by atoms with van der Waals surface area (Å²) in [6, 6.07) is -0.975. The van der Waals surface area contributed by atoms with Crippen molar-refractivity contribution in [1.29, 1.82) is 0 Å². The molecule has 0 aliphatic carbocycles. The van der Waals surface area contributed by atoms with Crippen molar-refractivity contribution < 1.29 is 35.9 Å². The van der Waals surface area contributed by atoms with E-state index in [1.807, 2.05) is 0 Å². The first-order valence-corrected chi connectivity index (χ1v) is 12.9. The van der Waals surface area contributed by atoms with E-state index in [2.05, 4.69) is 31.2 Å². The predicted molar refractivity (Wildman–Crippen MR) is 122 cm³/mol. The Hall–Kier alpha value is -2.06. The van der Waals surface area contributed by atoms with E-state index in [4.69, 9.17) is 21.1 Å². The summed E-state index contributed by atoms with van der Waals surface area (Å²) in [6.45, 7) is 3.52. The molecule has 0 spiro atoms. The summed E-state index contributed by atoms with van der Waals surface area (Å²) in [5.74, 6) is -1.44. The third-order valence-corrected chi connectivity index (χ3v) is 6.75. The minimum absolute atomic E-state index is 0.112. The van der Waals surface area contributed by atoms with Gasteiger partial charge in [-0.25, -0.2) is 36.4 Å². The molecule has 1 N–H and O–H groups in total. The van der Waals surface area contributed by atoms with E-state index < -0.39 is 57.0 Å². The van der Waals surface area contributed by atoms with E-state index in [0.29, 0.717) is 0 Å². The lowest BCUT2D eigenvalue weighted by Gasteiger charge is -2.31. The SMILES string of the molecule is CC(C)(C)OC(=O)NC[C@H]1COc2c(Cl)c(Br)c(F)c3nc(S(C)(=O)=O)nc(c23)N1CC(F)F. The normalized spacial score (nSPS) is 16.4. The standard InChI is InChI=1S/C19H21BrClF3N4O5S/c1-19(2,3)33-18(29)25-5-8-7-32-15-10-14(13(24)11(20)12(15)21)26-17(34(4,30)31)27-16(10)28(8)6-9(22)23/h8-9H,5-7H2,1-4H3,(H,25,29)/t8-/m0/s1. The van der Waals surface area contributed by atoms with Gasteiger partial charge in [-0.05, 0) is 36.7 Å². The Morgan fingerprint density at radius 3 is 2.59 bits per heavy atom. The minimum Gasteiger partial charge on any atom is -0.489 e. The van der Waals surface area contributed by atoms with Gasteiger partial charge in [0, 0.05) is 12.8 Å². The van der Waals surface area contributed by atoms with Gasteiger partial charge in [0.25, 0.3) is 6.43 Å². The number of hydrogen-bond donors (Lipinski definition) is 1. The molecule has 0 fully saturated rings. The molecule has 34 heavy (non-hydrogen) atoms. The number of benzene rings is 1. The van der Waals surface area contributed by atoms with Crippen molar-refractivity contribution >= 4 is 60.2 Å². The molecule has 0 unspecified atom stereocenters. The Bertz CT molecular complexity index is 1240. The first kappa shape index (κ1) is 26.5. The highest BCUT2D eigenvalue weighted by Crippen LogP contribution is 2.46. The maximum absolute atomic E-state index is 15.1. The molecule has 1 aromatic heterocycles. The molecule has 1 aromatic carbocycles. The fraction of sp³-hybridized carbons (Fsp3) is 0.526. The second kappa shape index (κ2) is 9.53. The second-order valence-corrected chi connectivity index (χ2v) is 11.6. The molecular weight excluding hydrogens is 569 g/mol. The number of alkyl carbamates (subject to hydrolysis) is 1. The van der Waals surface area contributed by atoms with Crippen LogP contribution in [0.1, 0.15) is 20.8 Å². The van der Waals surface area contributed by atoms with Gasteiger partial charge in [-0.2, -0.15) is 0 Å². The summed E-state index contributed by atoms with van der Waals surface area (Å²) in [5.41, 5.74) is -1.28. The molecule has 0 saturated heterocycles. The van der Waals surface area contributed by atoms with Crippen molar-refractivity contribution in [2.75, 3.05) is 30.9 Å². The van der Waals surface area contributed by atoms with Crippen LogP contribution in [0.15, 0.2) is 9.63 Å². The number of nitrogens with zero attached hydrogens (tertiary/aromatic N) is 3. The number of anilines is 1. The van der Waals surface area contributed by atoms with Crippen LogP contribution in [0.5, 0.6) is 5.75 Å². The van der Waals surface area contributed by atoms with Gasteiger partial charge in [0.2, 0.25) is 15.0 Å². The number of carbonyl (C=O) groups is 1. The van der Waals surface area contributed by atoms with Gasteiger partial charge in [-0.1, -0.05) is 11.6 Å². The summed E-state index contributed by atoms with van der Waals surface area (Å²) in [4.78, 5) is 20.9. The number of rotatable bonds is 5. The van der Waals surface area contributed by atoms with Crippen LogP contribution in [0.3, 0.4) is 0 Å².